The third kappa shape index (κ3) is 4.32. The number of aromatic nitrogens is 4. The van der Waals surface area contributed by atoms with Crippen molar-refractivity contribution in [3.05, 3.63) is 11.5 Å². The van der Waals surface area contributed by atoms with Gasteiger partial charge in [0.15, 0.2) is 22.9 Å². The van der Waals surface area contributed by atoms with Gasteiger partial charge in [0.05, 0.1) is 18.0 Å². The summed E-state index contributed by atoms with van der Waals surface area (Å²) in [7, 11) is -4.31. The van der Waals surface area contributed by atoms with Crippen molar-refractivity contribution in [2.75, 3.05) is 5.73 Å². The van der Waals surface area contributed by atoms with E-state index in [0.29, 0.717) is 0 Å². The molecule has 7 atom stereocenters. The molecule has 1 fully saturated rings. The van der Waals surface area contributed by atoms with E-state index >= 15 is 0 Å². The largest absolute Gasteiger partial charge is 0.388 e. The Balaban J connectivity index is 1.86. The number of nitrogens with zero attached hydrogens (tertiary/aromatic N) is 4. The number of hydrogen-bond acceptors (Lipinski definition) is 10. The second kappa shape index (κ2) is 8.29. The van der Waals surface area contributed by atoms with Crippen LogP contribution in [-0.2, 0) is 13.8 Å². The Morgan fingerprint density at radius 1 is 1.43 bits per heavy atom. The first-order valence-corrected chi connectivity index (χ1v) is 11.3. The first kappa shape index (κ1) is 23.3. The Hall–Kier alpha value is -1.37. The zero-order valence-electron chi connectivity index (χ0n) is 16.6. The quantitative estimate of drug-likeness (QED) is 0.287. The molecular formula is C16H25ClN5O7P. The van der Waals surface area contributed by atoms with Gasteiger partial charge in [-0.3, -0.25) is 9.13 Å². The molecule has 0 radical (unpaired) electrons. The highest BCUT2D eigenvalue weighted by atomic mass is 35.5. The van der Waals surface area contributed by atoms with Crippen LogP contribution in [0, 0.1) is 0 Å². The van der Waals surface area contributed by atoms with E-state index in [0.717, 1.165) is 6.92 Å². The highest BCUT2D eigenvalue weighted by molar-refractivity contribution is 7.53. The Labute approximate surface area is 177 Å². The van der Waals surface area contributed by atoms with Crippen LogP contribution < -0.4 is 5.73 Å². The number of nitrogen functional groups attached to an aromatic ring is 1. The Kier molecular flexibility index (Phi) is 6.43. The van der Waals surface area contributed by atoms with E-state index in [1.807, 2.05) is 0 Å². The van der Waals surface area contributed by atoms with Gasteiger partial charge >= 0.3 is 7.60 Å². The molecule has 1 aliphatic heterocycles. The lowest BCUT2D eigenvalue weighted by atomic mass is 9.93. The second-order valence-electron chi connectivity index (χ2n) is 7.54. The van der Waals surface area contributed by atoms with Gasteiger partial charge in [-0.05, 0) is 20.3 Å². The number of aliphatic hydroxyl groups excluding tert-OH is 3. The lowest BCUT2D eigenvalue weighted by molar-refractivity contribution is -0.0665. The van der Waals surface area contributed by atoms with Crippen LogP contribution in [0.1, 0.15) is 39.8 Å². The minimum absolute atomic E-state index is 0.0278. The van der Waals surface area contributed by atoms with Crippen molar-refractivity contribution in [3.8, 4) is 0 Å². The molecule has 1 saturated heterocycles. The maximum atomic E-state index is 12.1. The number of rotatable bonds is 7. The molecule has 0 aromatic carbocycles. The lowest BCUT2D eigenvalue weighted by Crippen LogP contribution is -2.38. The average Bonchev–Trinajstić information content (AvgIpc) is 3.17. The summed E-state index contributed by atoms with van der Waals surface area (Å²) in [5.74, 6) is -1.68. The molecule has 0 saturated carbocycles. The summed E-state index contributed by atoms with van der Waals surface area (Å²) in [5, 5.41) is 30.7. The first-order chi connectivity index (χ1) is 13.9. The third-order valence-electron chi connectivity index (χ3n) is 5.21. The Morgan fingerprint density at radius 3 is 2.70 bits per heavy atom. The van der Waals surface area contributed by atoms with Crippen LogP contribution in [0.4, 0.5) is 5.95 Å². The van der Waals surface area contributed by atoms with Gasteiger partial charge in [-0.1, -0.05) is 18.5 Å². The van der Waals surface area contributed by atoms with Gasteiger partial charge in [-0.25, -0.2) is 4.98 Å². The van der Waals surface area contributed by atoms with Gasteiger partial charge in [0.25, 0.3) is 0 Å². The number of imidazole rings is 1. The highest BCUT2D eigenvalue weighted by Gasteiger charge is 2.48. The fourth-order valence-corrected chi connectivity index (χ4v) is 4.48. The molecule has 14 heteroatoms. The smallest absolute Gasteiger partial charge is 0.356 e. The predicted molar refractivity (Wildman–Crippen MR) is 107 cm³/mol. The van der Waals surface area contributed by atoms with E-state index in [9.17, 15) is 24.8 Å². The van der Waals surface area contributed by atoms with E-state index in [-0.39, 0.29) is 35.1 Å². The van der Waals surface area contributed by atoms with Crippen LogP contribution in [0.5, 0.6) is 0 Å². The number of hydrogen-bond donors (Lipinski definition) is 5. The molecule has 0 bridgehead atoms. The molecule has 1 aliphatic rings. The summed E-state index contributed by atoms with van der Waals surface area (Å²) in [5.41, 5.74) is 4.89. The van der Waals surface area contributed by atoms with Crippen LogP contribution in [0.3, 0.4) is 0 Å². The number of anilines is 1. The first-order valence-electron chi connectivity index (χ1n) is 9.27. The molecule has 168 valence electrons. The minimum atomic E-state index is -4.31. The van der Waals surface area contributed by atoms with Crippen LogP contribution in [0.15, 0.2) is 6.33 Å². The van der Waals surface area contributed by atoms with E-state index in [4.69, 9.17) is 26.6 Å². The molecule has 0 spiro atoms. The minimum Gasteiger partial charge on any atom is -0.388 e. The number of nitrogens with two attached hydrogens (primary N) is 1. The normalized spacial score (nSPS) is 29.6. The third-order valence-corrected chi connectivity index (χ3v) is 7.12. The monoisotopic (exact) mass is 465 g/mol. The summed E-state index contributed by atoms with van der Waals surface area (Å²) >= 11 is 6.02. The summed E-state index contributed by atoms with van der Waals surface area (Å²) in [6, 6.07) is 0. The van der Waals surface area contributed by atoms with E-state index in [1.165, 1.54) is 10.9 Å². The maximum absolute atomic E-state index is 12.1. The molecule has 30 heavy (non-hydrogen) atoms. The van der Waals surface area contributed by atoms with Gasteiger partial charge < -0.3 is 35.2 Å². The van der Waals surface area contributed by atoms with Crippen molar-refractivity contribution < 1.29 is 34.0 Å². The van der Waals surface area contributed by atoms with Gasteiger partial charge in [-0.15, -0.1) is 0 Å². The van der Waals surface area contributed by atoms with Crippen molar-refractivity contribution in [1.29, 1.82) is 0 Å². The maximum Gasteiger partial charge on any atom is 0.356 e. The van der Waals surface area contributed by atoms with Crippen LogP contribution in [0.2, 0.25) is 5.15 Å². The van der Waals surface area contributed by atoms with E-state index in [2.05, 4.69) is 15.0 Å². The lowest BCUT2D eigenvalue weighted by Gasteiger charge is -2.34. The van der Waals surface area contributed by atoms with Crippen LogP contribution in [-0.4, -0.2) is 69.5 Å². The summed E-state index contributed by atoms with van der Waals surface area (Å²) in [4.78, 5) is 21.9. The fraction of sp³-hybridized carbons (Fsp3) is 0.688. The summed E-state index contributed by atoms with van der Waals surface area (Å²) < 4.78 is 24.7. The average molecular weight is 466 g/mol. The van der Waals surface area contributed by atoms with Crippen molar-refractivity contribution in [3.63, 3.8) is 0 Å². The second-order valence-corrected chi connectivity index (χ2v) is 9.95. The van der Waals surface area contributed by atoms with E-state index < -0.39 is 43.6 Å². The standard InChI is InChI=1S/C16H25ClN5O7P/c1-4-16(3,29-30(26,27)7(2)23)5-8-10(24)11(25)14(28-8)22-6-19-9-12(17)20-15(18)21-13(9)22/h6-8,10-11,14,23-25H,4-5H2,1-3H3,(H,26,27)(H2,18,20,21)/t7?,8-,10-,11-,14-,16-/m1/s1. The van der Waals surface area contributed by atoms with Crippen molar-refractivity contribution in [2.45, 2.75) is 69.6 Å². The number of halogens is 1. The Bertz CT molecular complexity index is 975. The molecule has 2 unspecified atom stereocenters. The molecule has 0 amide bonds. The van der Waals surface area contributed by atoms with Crippen molar-refractivity contribution >= 4 is 36.3 Å². The molecule has 6 N–H and O–H groups in total. The zero-order chi connectivity index (χ0) is 22.4. The molecule has 0 aliphatic carbocycles. The predicted octanol–water partition coefficient (Wildman–Crippen LogP) is 0.780. The molecular weight excluding hydrogens is 441 g/mol. The molecule has 12 nitrogen and oxygen atoms in total. The Morgan fingerprint density at radius 2 is 2.10 bits per heavy atom. The van der Waals surface area contributed by atoms with Gasteiger partial charge in [-0.2, -0.15) is 9.97 Å². The number of fused-ring (bicyclic) bond motifs is 1. The van der Waals surface area contributed by atoms with Crippen molar-refractivity contribution in [1.82, 2.24) is 19.5 Å². The molecule has 3 heterocycles. The van der Waals surface area contributed by atoms with Gasteiger partial charge in [0, 0.05) is 6.42 Å². The molecule has 2 aromatic heterocycles. The SMILES string of the molecule is CC[C@](C)(C[C@H]1O[C@@H](n2cnc3c(Cl)nc(N)nc32)[C@H](O)[C@@H]1O)OP(=O)(O)C(C)O. The van der Waals surface area contributed by atoms with Crippen LogP contribution >= 0.6 is 19.2 Å². The number of aliphatic hydroxyl groups is 3. The van der Waals surface area contributed by atoms with Crippen LogP contribution in [0.25, 0.3) is 11.2 Å². The fourth-order valence-electron chi connectivity index (χ4n) is 3.28. The molecule has 2 aromatic rings. The number of ether oxygens (including phenoxy) is 1. The van der Waals surface area contributed by atoms with Crippen molar-refractivity contribution in [2.24, 2.45) is 0 Å². The zero-order valence-corrected chi connectivity index (χ0v) is 18.2. The van der Waals surface area contributed by atoms with Gasteiger partial charge in [0.2, 0.25) is 5.95 Å². The summed E-state index contributed by atoms with van der Waals surface area (Å²) in [6.45, 7) is 4.44. The summed E-state index contributed by atoms with van der Waals surface area (Å²) in [6.07, 6.45) is -3.12. The highest BCUT2D eigenvalue weighted by Crippen LogP contribution is 2.52. The molecule has 3 rings (SSSR count). The van der Waals surface area contributed by atoms with E-state index in [1.54, 1.807) is 13.8 Å². The van der Waals surface area contributed by atoms with Gasteiger partial charge in [0.1, 0.15) is 17.7 Å². The topological polar surface area (TPSA) is 186 Å².